The van der Waals surface area contributed by atoms with E-state index in [2.05, 4.69) is 5.32 Å². The molecule has 1 aromatic carbocycles. The van der Waals surface area contributed by atoms with Crippen molar-refractivity contribution in [2.75, 3.05) is 19.6 Å². The Morgan fingerprint density at radius 1 is 1.53 bits per heavy atom. The van der Waals surface area contributed by atoms with Gasteiger partial charge in [-0.25, -0.2) is 4.39 Å². The third kappa shape index (κ3) is 3.32. The number of nitrogens with zero attached hydrogens (tertiary/aromatic N) is 1. The Bertz CT molecular complexity index is 450. The van der Waals surface area contributed by atoms with Crippen molar-refractivity contribution in [3.05, 3.63) is 35.6 Å². The molecule has 0 unspecified atom stereocenters. The summed E-state index contributed by atoms with van der Waals surface area (Å²) in [5.74, 6) is -0.198. The summed E-state index contributed by atoms with van der Waals surface area (Å²) in [5, 5.41) is 3.26. The Morgan fingerprint density at radius 3 is 2.95 bits per heavy atom. The number of hydrogen-bond donors (Lipinski definition) is 1. The lowest BCUT2D eigenvalue weighted by Gasteiger charge is -2.34. The molecular weight excluding hydrogens is 243 g/mol. The largest absolute Gasteiger partial charge is 0.337 e. The molecule has 19 heavy (non-hydrogen) atoms. The molecule has 0 spiro atoms. The number of halogens is 1. The van der Waals surface area contributed by atoms with Crippen LogP contribution < -0.4 is 5.32 Å². The van der Waals surface area contributed by atoms with Gasteiger partial charge >= 0.3 is 0 Å². The smallest absolute Gasteiger partial charge is 0.223 e. The first-order valence-electron chi connectivity index (χ1n) is 6.84. The van der Waals surface area contributed by atoms with Gasteiger partial charge in [-0.15, -0.1) is 0 Å². The zero-order valence-electron chi connectivity index (χ0n) is 11.5. The number of amides is 1. The van der Waals surface area contributed by atoms with Gasteiger partial charge in [-0.05, 0) is 24.5 Å². The van der Waals surface area contributed by atoms with Crippen molar-refractivity contribution >= 4 is 5.91 Å². The minimum absolute atomic E-state index is 0.0872. The van der Waals surface area contributed by atoms with Crippen LogP contribution in [0, 0.1) is 5.82 Å². The van der Waals surface area contributed by atoms with Crippen LogP contribution in [0.1, 0.15) is 31.7 Å². The minimum atomic E-state index is -0.226. The molecule has 1 N–H and O–H groups in total. The summed E-state index contributed by atoms with van der Waals surface area (Å²) in [4.78, 5) is 14.2. The monoisotopic (exact) mass is 264 g/mol. The number of nitrogens with one attached hydrogen (secondary N) is 1. The van der Waals surface area contributed by atoms with E-state index >= 15 is 0 Å². The molecule has 2 atom stereocenters. The average molecular weight is 264 g/mol. The van der Waals surface area contributed by atoms with Gasteiger partial charge in [0, 0.05) is 32.1 Å². The summed E-state index contributed by atoms with van der Waals surface area (Å²) >= 11 is 0. The Balaban J connectivity index is 2.00. The summed E-state index contributed by atoms with van der Waals surface area (Å²) in [6.45, 7) is 6.36. The second kappa shape index (κ2) is 6.15. The number of rotatable bonds is 3. The van der Waals surface area contributed by atoms with Crippen molar-refractivity contribution in [3.63, 3.8) is 0 Å². The Kier molecular flexibility index (Phi) is 4.53. The standard InChI is InChI=1S/C15H21FN2O/c1-11(13-5-3-4-6-14(13)16)9-15(19)18-8-7-17-10-12(18)2/h3-6,11-12,17H,7-10H2,1-2H3/t11-,12+/m1/s1. The van der Waals surface area contributed by atoms with Gasteiger partial charge < -0.3 is 10.2 Å². The fraction of sp³-hybridized carbons (Fsp3) is 0.533. The van der Waals surface area contributed by atoms with Crippen LogP contribution in [0.3, 0.4) is 0 Å². The van der Waals surface area contributed by atoms with Crippen molar-refractivity contribution in [2.45, 2.75) is 32.2 Å². The van der Waals surface area contributed by atoms with Gasteiger partial charge in [0.05, 0.1) is 0 Å². The van der Waals surface area contributed by atoms with E-state index in [1.807, 2.05) is 24.8 Å². The van der Waals surface area contributed by atoms with Crippen molar-refractivity contribution in [2.24, 2.45) is 0 Å². The van der Waals surface area contributed by atoms with Crippen molar-refractivity contribution < 1.29 is 9.18 Å². The van der Waals surface area contributed by atoms with Crippen LogP contribution in [0.5, 0.6) is 0 Å². The molecule has 1 aromatic rings. The Labute approximate surface area is 113 Å². The maximum atomic E-state index is 13.7. The van der Waals surface area contributed by atoms with Gasteiger partial charge in [0.15, 0.2) is 0 Å². The lowest BCUT2D eigenvalue weighted by Crippen LogP contribution is -2.52. The second-order valence-electron chi connectivity index (χ2n) is 5.27. The van der Waals surface area contributed by atoms with Gasteiger partial charge in [-0.1, -0.05) is 25.1 Å². The highest BCUT2D eigenvalue weighted by Gasteiger charge is 2.25. The van der Waals surface area contributed by atoms with E-state index in [0.717, 1.165) is 19.6 Å². The third-order valence-corrected chi connectivity index (χ3v) is 3.74. The van der Waals surface area contributed by atoms with Crippen LogP contribution in [-0.4, -0.2) is 36.5 Å². The van der Waals surface area contributed by atoms with E-state index in [1.165, 1.54) is 6.07 Å². The number of benzene rings is 1. The maximum absolute atomic E-state index is 13.7. The van der Waals surface area contributed by atoms with Gasteiger partial charge in [0.25, 0.3) is 0 Å². The second-order valence-corrected chi connectivity index (χ2v) is 5.27. The van der Waals surface area contributed by atoms with E-state index in [-0.39, 0.29) is 23.7 Å². The minimum Gasteiger partial charge on any atom is -0.337 e. The summed E-state index contributed by atoms with van der Waals surface area (Å²) in [7, 11) is 0. The predicted octanol–water partition coefficient (Wildman–Crippen LogP) is 2.14. The van der Waals surface area contributed by atoms with Crippen LogP contribution in [-0.2, 0) is 4.79 Å². The van der Waals surface area contributed by atoms with Crippen LogP contribution in [0.15, 0.2) is 24.3 Å². The highest BCUT2D eigenvalue weighted by Crippen LogP contribution is 2.23. The molecule has 4 heteroatoms. The van der Waals surface area contributed by atoms with Gasteiger partial charge in [0.1, 0.15) is 5.82 Å². The number of carbonyl (C=O) groups is 1. The van der Waals surface area contributed by atoms with Crippen molar-refractivity contribution in [1.82, 2.24) is 10.2 Å². The lowest BCUT2D eigenvalue weighted by molar-refractivity contribution is -0.134. The van der Waals surface area contributed by atoms with Crippen LogP contribution in [0.4, 0.5) is 4.39 Å². The molecule has 3 nitrogen and oxygen atoms in total. The predicted molar refractivity (Wildman–Crippen MR) is 73.5 cm³/mol. The molecule has 1 heterocycles. The van der Waals surface area contributed by atoms with Crippen LogP contribution >= 0.6 is 0 Å². The highest BCUT2D eigenvalue weighted by atomic mass is 19.1. The van der Waals surface area contributed by atoms with E-state index < -0.39 is 0 Å². The average Bonchev–Trinajstić information content (AvgIpc) is 2.39. The molecule has 0 aliphatic carbocycles. The molecule has 0 bridgehead atoms. The van der Waals surface area contributed by atoms with E-state index in [0.29, 0.717) is 12.0 Å². The molecule has 1 saturated heterocycles. The first-order chi connectivity index (χ1) is 9.09. The van der Waals surface area contributed by atoms with E-state index in [9.17, 15) is 9.18 Å². The molecule has 1 aliphatic heterocycles. The van der Waals surface area contributed by atoms with Gasteiger partial charge in [-0.2, -0.15) is 0 Å². The summed E-state index contributed by atoms with van der Waals surface area (Å²) in [6, 6.07) is 6.91. The van der Waals surface area contributed by atoms with Gasteiger partial charge in [0.2, 0.25) is 5.91 Å². The highest BCUT2D eigenvalue weighted by molar-refractivity contribution is 5.77. The zero-order valence-corrected chi connectivity index (χ0v) is 11.5. The Morgan fingerprint density at radius 2 is 2.26 bits per heavy atom. The number of piperazine rings is 1. The molecule has 1 fully saturated rings. The van der Waals surface area contributed by atoms with E-state index in [1.54, 1.807) is 12.1 Å². The fourth-order valence-corrected chi connectivity index (χ4v) is 2.58. The van der Waals surface area contributed by atoms with E-state index in [4.69, 9.17) is 0 Å². The quantitative estimate of drug-likeness (QED) is 0.907. The van der Waals surface area contributed by atoms with Crippen LogP contribution in [0.2, 0.25) is 0 Å². The third-order valence-electron chi connectivity index (χ3n) is 3.74. The van der Waals surface area contributed by atoms with Gasteiger partial charge in [-0.3, -0.25) is 4.79 Å². The van der Waals surface area contributed by atoms with Crippen molar-refractivity contribution in [1.29, 1.82) is 0 Å². The van der Waals surface area contributed by atoms with Crippen molar-refractivity contribution in [3.8, 4) is 0 Å². The first kappa shape index (κ1) is 14.0. The molecule has 1 amide bonds. The fourth-order valence-electron chi connectivity index (χ4n) is 2.58. The maximum Gasteiger partial charge on any atom is 0.223 e. The lowest BCUT2D eigenvalue weighted by atomic mass is 9.96. The Hall–Kier alpha value is -1.42. The zero-order chi connectivity index (χ0) is 13.8. The summed E-state index contributed by atoms with van der Waals surface area (Å²) in [5.41, 5.74) is 0.624. The molecule has 2 rings (SSSR count). The molecule has 0 aromatic heterocycles. The topological polar surface area (TPSA) is 32.3 Å². The summed E-state index contributed by atoms with van der Waals surface area (Å²) < 4.78 is 13.7. The number of carbonyl (C=O) groups excluding carboxylic acids is 1. The molecule has 0 saturated carbocycles. The van der Waals surface area contributed by atoms with Crippen LogP contribution in [0.25, 0.3) is 0 Å². The molecular formula is C15H21FN2O. The first-order valence-corrected chi connectivity index (χ1v) is 6.84. The molecule has 0 radical (unpaired) electrons. The molecule has 1 aliphatic rings. The summed E-state index contributed by atoms with van der Waals surface area (Å²) in [6.07, 6.45) is 0.366. The SMILES string of the molecule is C[C@H](CC(=O)N1CCNC[C@@H]1C)c1ccccc1F. The number of hydrogen-bond acceptors (Lipinski definition) is 2. The molecule has 104 valence electrons. The normalized spacial score (nSPS) is 21.2.